The molecule has 5 nitrogen and oxygen atoms in total. The Morgan fingerprint density at radius 2 is 2.06 bits per heavy atom. The molecule has 0 aliphatic carbocycles. The standard InChI is InChI=1S/C12H17N3O2.ClH/c1-15-8-10(2-3-11(15)16)14-12(17)9-4-6-13-7-5-9;/h2-3,8-9,13H,4-7H2,1H3,(H,14,17);1H. The van der Waals surface area contributed by atoms with Crippen LogP contribution in [0.4, 0.5) is 5.69 Å². The largest absolute Gasteiger partial charge is 0.325 e. The van der Waals surface area contributed by atoms with Crippen LogP contribution in [0.2, 0.25) is 0 Å². The lowest BCUT2D eigenvalue weighted by molar-refractivity contribution is -0.120. The van der Waals surface area contributed by atoms with E-state index in [0.717, 1.165) is 25.9 Å². The minimum Gasteiger partial charge on any atom is -0.325 e. The fourth-order valence-corrected chi connectivity index (χ4v) is 2.00. The van der Waals surface area contributed by atoms with Gasteiger partial charge >= 0.3 is 0 Å². The van der Waals surface area contributed by atoms with Gasteiger partial charge in [-0.2, -0.15) is 0 Å². The van der Waals surface area contributed by atoms with Crippen LogP contribution in [0.3, 0.4) is 0 Å². The maximum absolute atomic E-state index is 11.9. The van der Waals surface area contributed by atoms with Crippen molar-refractivity contribution in [3.8, 4) is 0 Å². The van der Waals surface area contributed by atoms with Gasteiger partial charge in [0.05, 0.1) is 5.69 Å². The number of hydrogen-bond donors (Lipinski definition) is 2. The average Bonchev–Trinajstić information content (AvgIpc) is 2.35. The zero-order valence-corrected chi connectivity index (χ0v) is 11.1. The van der Waals surface area contributed by atoms with E-state index in [-0.39, 0.29) is 29.8 Å². The molecule has 0 radical (unpaired) electrons. The molecule has 1 aromatic heterocycles. The number of rotatable bonds is 2. The van der Waals surface area contributed by atoms with Gasteiger partial charge < -0.3 is 15.2 Å². The number of nitrogens with zero attached hydrogens (tertiary/aromatic N) is 1. The van der Waals surface area contributed by atoms with Crippen LogP contribution in [0.25, 0.3) is 0 Å². The summed E-state index contributed by atoms with van der Waals surface area (Å²) in [6.07, 6.45) is 3.39. The van der Waals surface area contributed by atoms with E-state index < -0.39 is 0 Å². The number of amides is 1. The fourth-order valence-electron chi connectivity index (χ4n) is 2.00. The molecule has 6 heteroatoms. The Morgan fingerprint density at radius 1 is 1.39 bits per heavy atom. The molecule has 2 heterocycles. The zero-order chi connectivity index (χ0) is 12.3. The molecule has 1 fully saturated rings. The van der Waals surface area contributed by atoms with E-state index >= 15 is 0 Å². The van der Waals surface area contributed by atoms with Crippen LogP contribution in [0.15, 0.2) is 23.1 Å². The Labute approximate surface area is 112 Å². The van der Waals surface area contributed by atoms with Gasteiger partial charge in [-0.15, -0.1) is 12.4 Å². The average molecular weight is 272 g/mol. The molecule has 2 rings (SSSR count). The number of aryl methyl sites for hydroxylation is 1. The van der Waals surface area contributed by atoms with Gasteiger partial charge in [0.25, 0.3) is 0 Å². The minimum absolute atomic E-state index is 0. The number of halogens is 1. The molecular weight excluding hydrogens is 254 g/mol. The second-order valence-electron chi connectivity index (χ2n) is 4.38. The van der Waals surface area contributed by atoms with Crippen molar-refractivity contribution in [1.82, 2.24) is 9.88 Å². The molecule has 0 unspecified atom stereocenters. The molecule has 0 spiro atoms. The van der Waals surface area contributed by atoms with Crippen LogP contribution < -0.4 is 16.2 Å². The molecule has 1 saturated heterocycles. The highest BCUT2D eigenvalue weighted by Gasteiger charge is 2.20. The van der Waals surface area contributed by atoms with E-state index in [1.807, 2.05) is 0 Å². The first-order valence-corrected chi connectivity index (χ1v) is 5.85. The first-order chi connectivity index (χ1) is 8.16. The van der Waals surface area contributed by atoms with Crippen molar-refractivity contribution in [1.29, 1.82) is 0 Å². The second-order valence-corrected chi connectivity index (χ2v) is 4.38. The molecule has 0 saturated carbocycles. The van der Waals surface area contributed by atoms with Crippen molar-refractivity contribution >= 4 is 24.0 Å². The third-order valence-electron chi connectivity index (χ3n) is 3.06. The number of aromatic nitrogens is 1. The summed E-state index contributed by atoms with van der Waals surface area (Å²) >= 11 is 0. The summed E-state index contributed by atoms with van der Waals surface area (Å²) in [5, 5.41) is 6.08. The number of carbonyl (C=O) groups is 1. The number of anilines is 1. The number of nitrogens with one attached hydrogen (secondary N) is 2. The van der Waals surface area contributed by atoms with Gasteiger partial charge in [0.2, 0.25) is 11.5 Å². The van der Waals surface area contributed by atoms with Crippen molar-refractivity contribution < 1.29 is 4.79 Å². The molecule has 1 aliphatic heterocycles. The molecule has 1 aromatic rings. The predicted octanol–water partition coefficient (Wildman–Crippen LogP) is 0.745. The summed E-state index contributed by atoms with van der Waals surface area (Å²) in [6, 6.07) is 3.10. The van der Waals surface area contributed by atoms with Crippen LogP contribution in [0.1, 0.15) is 12.8 Å². The Morgan fingerprint density at radius 3 is 2.67 bits per heavy atom. The van der Waals surface area contributed by atoms with Gasteiger partial charge in [0.15, 0.2) is 0 Å². The zero-order valence-electron chi connectivity index (χ0n) is 10.3. The van der Waals surface area contributed by atoms with Crippen molar-refractivity contribution in [2.24, 2.45) is 13.0 Å². The summed E-state index contributed by atoms with van der Waals surface area (Å²) < 4.78 is 1.46. The highest BCUT2D eigenvalue weighted by molar-refractivity contribution is 5.92. The van der Waals surface area contributed by atoms with Crippen LogP contribution in [0.5, 0.6) is 0 Å². The Hall–Kier alpha value is -1.33. The lowest BCUT2D eigenvalue weighted by Crippen LogP contribution is -2.34. The fraction of sp³-hybridized carbons (Fsp3) is 0.500. The lowest BCUT2D eigenvalue weighted by atomic mass is 9.97. The summed E-state index contributed by atoms with van der Waals surface area (Å²) in [7, 11) is 1.67. The highest BCUT2D eigenvalue weighted by atomic mass is 35.5. The molecule has 0 atom stereocenters. The lowest BCUT2D eigenvalue weighted by Gasteiger charge is -2.21. The van der Waals surface area contributed by atoms with E-state index in [2.05, 4.69) is 10.6 Å². The molecule has 100 valence electrons. The first-order valence-electron chi connectivity index (χ1n) is 5.85. The van der Waals surface area contributed by atoms with Gasteiger partial charge in [0.1, 0.15) is 0 Å². The summed E-state index contributed by atoms with van der Waals surface area (Å²) in [4.78, 5) is 23.1. The van der Waals surface area contributed by atoms with Gasteiger partial charge in [-0.05, 0) is 32.0 Å². The topological polar surface area (TPSA) is 63.1 Å². The highest BCUT2D eigenvalue weighted by Crippen LogP contribution is 2.14. The van der Waals surface area contributed by atoms with E-state index in [1.54, 1.807) is 19.3 Å². The Bertz CT molecular complexity index is 467. The third-order valence-corrected chi connectivity index (χ3v) is 3.06. The van der Waals surface area contributed by atoms with Gasteiger partial charge in [-0.1, -0.05) is 0 Å². The van der Waals surface area contributed by atoms with Gasteiger partial charge in [0, 0.05) is 25.2 Å². The number of piperidine rings is 1. The van der Waals surface area contributed by atoms with Gasteiger partial charge in [-0.25, -0.2) is 0 Å². The number of carbonyl (C=O) groups excluding carboxylic acids is 1. The van der Waals surface area contributed by atoms with E-state index in [1.165, 1.54) is 10.6 Å². The van der Waals surface area contributed by atoms with E-state index in [0.29, 0.717) is 5.69 Å². The number of hydrogen-bond acceptors (Lipinski definition) is 3. The molecule has 0 aromatic carbocycles. The molecule has 2 N–H and O–H groups in total. The van der Waals surface area contributed by atoms with Crippen molar-refractivity contribution in [3.63, 3.8) is 0 Å². The second kappa shape index (κ2) is 6.56. The Kier molecular flexibility index (Phi) is 5.37. The van der Waals surface area contributed by atoms with Crippen LogP contribution >= 0.6 is 12.4 Å². The van der Waals surface area contributed by atoms with Crippen molar-refractivity contribution in [3.05, 3.63) is 28.7 Å². The predicted molar refractivity (Wildman–Crippen MR) is 73.2 cm³/mol. The molecule has 18 heavy (non-hydrogen) atoms. The van der Waals surface area contributed by atoms with E-state index in [9.17, 15) is 9.59 Å². The summed E-state index contributed by atoms with van der Waals surface area (Å²) in [5.41, 5.74) is 0.598. The quantitative estimate of drug-likeness (QED) is 0.834. The normalized spacial score (nSPS) is 15.8. The first kappa shape index (κ1) is 14.7. The van der Waals surface area contributed by atoms with Crippen molar-refractivity contribution in [2.75, 3.05) is 18.4 Å². The van der Waals surface area contributed by atoms with Gasteiger partial charge in [-0.3, -0.25) is 9.59 Å². The van der Waals surface area contributed by atoms with Crippen LogP contribution in [-0.2, 0) is 11.8 Å². The smallest absolute Gasteiger partial charge is 0.250 e. The van der Waals surface area contributed by atoms with Crippen LogP contribution in [0, 0.1) is 5.92 Å². The molecule has 1 aliphatic rings. The minimum atomic E-state index is -0.0788. The molecule has 1 amide bonds. The number of pyridine rings is 1. The SMILES string of the molecule is Cl.Cn1cc(NC(=O)C2CCNCC2)ccc1=O. The maximum Gasteiger partial charge on any atom is 0.250 e. The van der Waals surface area contributed by atoms with Crippen molar-refractivity contribution in [2.45, 2.75) is 12.8 Å². The molecule has 0 bridgehead atoms. The maximum atomic E-state index is 11.9. The van der Waals surface area contributed by atoms with E-state index in [4.69, 9.17) is 0 Å². The third kappa shape index (κ3) is 3.58. The van der Waals surface area contributed by atoms with Crippen LogP contribution in [-0.4, -0.2) is 23.6 Å². The Balaban J connectivity index is 0.00000162. The summed E-state index contributed by atoms with van der Waals surface area (Å²) in [6.45, 7) is 1.79. The molecular formula is C12H18ClN3O2. The monoisotopic (exact) mass is 271 g/mol. The summed E-state index contributed by atoms with van der Waals surface area (Å²) in [5.74, 6) is 0.124.